The highest BCUT2D eigenvalue weighted by atomic mass is 32.2. The molecule has 0 saturated carbocycles. The van der Waals surface area contributed by atoms with Crippen LogP contribution in [-0.2, 0) is 15.6 Å². The maximum absolute atomic E-state index is 12.6. The lowest BCUT2D eigenvalue weighted by Gasteiger charge is -2.17. The minimum absolute atomic E-state index is 0.0738. The normalized spacial score (nSPS) is 23.0. The number of benzene rings is 1. The van der Waals surface area contributed by atoms with Crippen molar-refractivity contribution in [2.24, 2.45) is 11.8 Å². The molecule has 1 heterocycles. The van der Waals surface area contributed by atoms with E-state index in [0.29, 0.717) is 22.8 Å². The van der Waals surface area contributed by atoms with Crippen molar-refractivity contribution in [1.82, 2.24) is 4.90 Å². The molecule has 21 heavy (non-hydrogen) atoms. The largest absolute Gasteiger partial charge is 0.481 e. The summed E-state index contributed by atoms with van der Waals surface area (Å²) in [5.74, 6) is -1.27. The number of amides is 1. The van der Waals surface area contributed by atoms with Gasteiger partial charge in [-0.15, -0.1) is 0 Å². The summed E-state index contributed by atoms with van der Waals surface area (Å²) in [6.45, 7) is 4.27. The minimum Gasteiger partial charge on any atom is -0.481 e. The number of aliphatic carboxylic acids is 1. The van der Waals surface area contributed by atoms with Gasteiger partial charge >= 0.3 is 5.97 Å². The zero-order chi connectivity index (χ0) is 15.6. The molecule has 1 aromatic rings. The number of carboxylic acids is 1. The van der Waals surface area contributed by atoms with Gasteiger partial charge in [-0.3, -0.25) is 13.8 Å². The first-order chi connectivity index (χ1) is 9.95. The molecule has 1 saturated heterocycles. The highest BCUT2D eigenvalue weighted by molar-refractivity contribution is 7.85. The standard InChI is InChI=1S/C15H19NO4S/c1-3-21(20)13-7-5-4-6-11(13)14(17)16-8-10(2)12(9-16)15(18)19/h4-7,10,12H,3,8-9H2,1-2H3,(H,18,19)/t10-,12-,21?/m1/s1. The summed E-state index contributed by atoms with van der Waals surface area (Å²) in [5, 5.41) is 9.15. The van der Waals surface area contributed by atoms with Crippen LogP contribution in [0, 0.1) is 11.8 Å². The van der Waals surface area contributed by atoms with Gasteiger partial charge < -0.3 is 10.0 Å². The van der Waals surface area contributed by atoms with Crippen LogP contribution >= 0.6 is 0 Å². The summed E-state index contributed by atoms with van der Waals surface area (Å²) in [7, 11) is -1.21. The Morgan fingerprint density at radius 1 is 1.33 bits per heavy atom. The van der Waals surface area contributed by atoms with Crippen molar-refractivity contribution in [3.63, 3.8) is 0 Å². The van der Waals surface area contributed by atoms with Gasteiger partial charge in [-0.05, 0) is 18.1 Å². The van der Waals surface area contributed by atoms with Gasteiger partial charge in [0.15, 0.2) is 0 Å². The first-order valence-electron chi connectivity index (χ1n) is 6.95. The van der Waals surface area contributed by atoms with E-state index in [1.807, 2.05) is 6.92 Å². The first-order valence-corrected chi connectivity index (χ1v) is 8.27. The lowest BCUT2D eigenvalue weighted by atomic mass is 9.99. The van der Waals surface area contributed by atoms with Crippen LogP contribution in [-0.4, -0.2) is 44.9 Å². The lowest BCUT2D eigenvalue weighted by Crippen LogP contribution is -2.30. The van der Waals surface area contributed by atoms with E-state index in [2.05, 4.69) is 0 Å². The summed E-state index contributed by atoms with van der Waals surface area (Å²) in [5.41, 5.74) is 0.413. The van der Waals surface area contributed by atoms with Crippen LogP contribution in [0.1, 0.15) is 24.2 Å². The molecular weight excluding hydrogens is 290 g/mol. The zero-order valence-corrected chi connectivity index (χ0v) is 12.9. The second kappa shape index (κ2) is 6.39. The number of carbonyl (C=O) groups is 2. The summed E-state index contributed by atoms with van der Waals surface area (Å²) >= 11 is 0. The van der Waals surface area contributed by atoms with Gasteiger partial charge in [0.2, 0.25) is 0 Å². The maximum Gasteiger partial charge on any atom is 0.308 e. The Hall–Kier alpha value is -1.69. The molecule has 2 rings (SSSR count). The second-order valence-corrected chi connectivity index (χ2v) is 6.97. The molecule has 1 aliphatic rings. The van der Waals surface area contributed by atoms with E-state index in [-0.39, 0.29) is 18.4 Å². The third-order valence-corrected chi connectivity index (χ3v) is 5.21. The topological polar surface area (TPSA) is 74.7 Å². The molecule has 3 atom stereocenters. The van der Waals surface area contributed by atoms with E-state index in [4.69, 9.17) is 5.11 Å². The van der Waals surface area contributed by atoms with Crippen LogP contribution in [0.5, 0.6) is 0 Å². The third-order valence-electron chi connectivity index (χ3n) is 3.84. The molecule has 0 radical (unpaired) electrons. The van der Waals surface area contributed by atoms with E-state index in [1.165, 1.54) is 0 Å². The predicted octanol–water partition coefficient (Wildman–Crippen LogP) is 1.61. The molecule has 0 aliphatic carbocycles. The number of hydrogen-bond acceptors (Lipinski definition) is 3. The fourth-order valence-electron chi connectivity index (χ4n) is 2.62. The summed E-state index contributed by atoms with van der Waals surface area (Å²) in [6, 6.07) is 6.84. The lowest BCUT2D eigenvalue weighted by molar-refractivity contribution is -0.142. The number of carboxylic acid groups (broad SMARTS) is 1. The van der Waals surface area contributed by atoms with Crippen molar-refractivity contribution in [2.45, 2.75) is 18.7 Å². The molecule has 114 valence electrons. The van der Waals surface area contributed by atoms with Gasteiger partial charge in [-0.1, -0.05) is 26.0 Å². The van der Waals surface area contributed by atoms with Crippen LogP contribution in [0.25, 0.3) is 0 Å². The first kappa shape index (κ1) is 15.7. The minimum atomic E-state index is -1.21. The molecule has 0 aromatic heterocycles. The van der Waals surface area contributed by atoms with Crippen molar-refractivity contribution < 1.29 is 18.9 Å². The zero-order valence-electron chi connectivity index (χ0n) is 12.1. The van der Waals surface area contributed by atoms with Gasteiger partial charge in [-0.25, -0.2) is 0 Å². The van der Waals surface area contributed by atoms with Crippen molar-refractivity contribution in [1.29, 1.82) is 0 Å². The van der Waals surface area contributed by atoms with Crippen LogP contribution in [0.15, 0.2) is 29.2 Å². The van der Waals surface area contributed by atoms with Crippen molar-refractivity contribution >= 4 is 22.7 Å². The highest BCUT2D eigenvalue weighted by Crippen LogP contribution is 2.26. The summed E-state index contributed by atoms with van der Waals surface area (Å²) < 4.78 is 12.0. The van der Waals surface area contributed by atoms with Gasteiger partial charge in [0.1, 0.15) is 0 Å². The number of nitrogens with zero attached hydrogens (tertiary/aromatic N) is 1. The van der Waals surface area contributed by atoms with Crippen molar-refractivity contribution in [3.05, 3.63) is 29.8 Å². The van der Waals surface area contributed by atoms with Gasteiger partial charge in [-0.2, -0.15) is 0 Å². The number of hydrogen-bond donors (Lipinski definition) is 1. The molecule has 1 N–H and O–H groups in total. The Labute approximate surface area is 126 Å². The van der Waals surface area contributed by atoms with Gasteiger partial charge in [0.05, 0.1) is 27.2 Å². The highest BCUT2D eigenvalue weighted by Gasteiger charge is 2.37. The Balaban J connectivity index is 2.26. The molecule has 0 bridgehead atoms. The summed E-state index contributed by atoms with van der Waals surface area (Å²) in [4.78, 5) is 25.8. The molecule has 1 amide bonds. The smallest absolute Gasteiger partial charge is 0.308 e. The van der Waals surface area contributed by atoms with Crippen LogP contribution < -0.4 is 0 Å². The maximum atomic E-state index is 12.6. The quantitative estimate of drug-likeness (QED) is 0.917. The molecule has 1 aromatic carbocycles. The molecule has 1 unspecified atom stereocenters. The molecular formula is C15H19NO4S. The summed E-state index contributed by atoms with van der Waals surface area (Å²) in [6.07, 6.45) is 0. The average Bonchev–Trinajstić information content (AvgIpc) is 2.88. The fourth-order valence-corrected chi connectivity index (χ4v) is 3.56. The third kappa shape index (κ3) is 3.15. The van der Waals surface area contributed by atoms with E-state index in [9.17, 15) is 13.8 Å². The average molecular weight is 309 g/mol. The van der Waals surface area contributed by atoms with Gasteiger partial charge in [0, 0.05) is 18.8 Å². The Bertz CT molecular complexity index is 587. The van der Waals surface area contributed by atoms with Crippen LogP contribution in [0.2, 0.25) is 0 Å². The molecule has 1 fully saturated rings. The van der Waals surface area contributed by atoms with E-state index in [1.54, 1.807) is 36.1 Å². The Morgan fingerprint density at radius 2 is 2.00 bits per heavy atom. The fraction of sp³-hybridized carbons (Fsp3) is 0.467. The number of carbonyl (C=O) groups excluding carboxylic acids is 1. The number of rotatable bonds is 4. The molecule has 1 aliphatic heterocycles. The molecule has 0 spiro atoms. The predicted molar refractivity (Wildman–Crippen MR) is 79.6 cm³/mol. The number of likely N-dealkylation sites (tertiary alicyclic amines) is 1. The SMILES string of the molecule is CCS(=O)c1ccccc1C(=O)N1C[C@@H](C)[C@H](C(=O)O)C1. The monoisotopic (exact) mass is 309 g/mol. The Morgan fingerprint density at radius 3 is 2.57 bits per heavy atom. The van der Waals surface area contributed by atoms with Crippen LogP contribution in [0.3, 0.4) is 0 Å². The van der Waals surface area contributed by atoms with Gasteiger partial charge in [0.25, 0.3) is 5.91 Å². The second-order valence-electron chi connectivity index (χ2n) is 5.26. The van der Waals surface area contributed by atoms with E-state index >= 15 is 0 Å². The van der Waals surface area contributed by atoms with Crippen molar-refractivity contribution in [3.8, 4) is 0 Å². The van der Waals surface area contributed by atoms with E-state index in [0.717, 1.165) is 0 Å². The molecule has 6 heteroatoms. The Kier molecular flexibility index (Phi) is 4.77. The van der Waals surface area contributed by atoms with Crippen molar-refractivity contribution in [2.75, 3.05) is 18.8 Å². The van der Waals surface area contributed by atoms with E-state index < -0.39 is 22.7 Å². The molecule has 5 nitrogen and oxygen atoms in total. The van der Waals surface area contributed by atoms with Crippen LogP contribution in [0.4, 0.5) is 0 Å².